The average molecular weight is 462 g/mol. The van der Waals surface area contributed by atoms with Crippen LogP contribution in [0.4, 0.5) is 0 Å². The summed E-state index contributed by atoms with van der Waals surface area (Å²) in [6.07, 6.45) is 3.04. The number of rotatable bonds is 3. The average Bonchev–Trinajstić information content (AvgIpc) is 2.72. The van der Waals surface area contributed by atoms with Crippen LogP contribution in [0, 0.1) is 0 Å². The number of aromatic nitrogens is 2. The van der Waals surface area contributed by atoms with Gasteiger partial charge in [-0.05, 0) is 48.1 Å². The largest absolute Gasteiger partial charge is 0.369 e. The summed E-state index contributed by atoms with van der Waals surface area (Å²) in [7, 11) is 0. The Labute approximate surface area is 190 Å². The SMILES string of the molecule is Cl.NC(N)=N/N=C1\CC(c2ccccc2Cl)Cc2nncc(-c3ccc(Cl)cc3)c21. The van der Waals surface area contributed by atoms with Crippen LogP contribution in [-0.2, 0) is 6.42 Å². The van der Waals surface area contributed by atoms with Crippen molar-refractivity contribution in [1.82, 2.24) is 10.2 Å². The summed E-state index contributed by atoms with van der Waals surface area (Å²) < 4.78 is 0. The molecule has 0 amide bonds. The normalized spacial score (nSPS) is 16.5. The van der Waals surface area contributed by atoms with Gasteiger partial charge >= 0.3 is 0 Å². The number of hydrogen-bond donors (Lipinski definition) is 2. The van der Waals surface area contributed by atoms with Crippen molar-refractivity contribution in [2.75, 3.05) is 0 Å². The second-order valence-corrected chi connectivity index (χ2v) is 7.63. The Morgan fingerprint density at radius 2 is 1.73 bits per heavy atom. The highest BCUT2D eigenvalue weighted by atomic mass is 35.5. The van der Waals surface area contributed by atoms with E-state index in [0.717, 1.165) is 33.7 Å². The number of nitrogens with two attached hydrogens (primary N) is 2. The van der Waals surface area contributed by atoms with E-state index in [1.165, 1.54) is 0 Å². The van der Waals surface area contributed by atoms with Gasteiger partial charge in [-0.3, -0.25) is 0 Å². The van der Waals surface area contributed by atoms with Gasteiger partial charge in [0.2, 0.25) is 5.96 Å². The van der Waals surface area contributed by atoms with Crippen molar-refractivity contribution >= 4 is 47.3 Å². The van der Waals surface area contributed by atoms with Crippen LogP contribution < -0.4 is 11.5 Å². The lowest BCUT2D eigenvalue weighted by molar-refractivity contribution is 0.668. The third kappa shape index (κ3) is 4.56. The van der Waals surface area contributed by atoms with Crippen LogP contribution in [0.2, 0.25) is 10.0 Å². The van der Waals surface area contributed by atoms with Crippen LogP contribution in [-0.4, -0.2) is 21.9 Å². The predicted octanol–water partition coefficient (Wildman–Crippen LogP) is 4.58. The molecule has 2 aromatic carbocycles. The van der Waals surface area contributed by atoms with Crippen LogP contribution in [0.5, 0.6) is 0 Å². The molecule has 0 bridgehead atoms. The van der Waals surface area contributed by atoms with Gasteiger partial charge in [-0.25, -0.2) is 0 Å². The van der Waals surface area contributed by atoms with Gasteiger partial charge in [0.1, 0.15) is 0 Å². The fraction of sp³-hybridized carbons (Fsp3) is 0.143. The summed E-state index contributed by atoms with van der Waals surface area (Å²) >= 11 is 12.5. The van der Waals surface area contributed by atoms with Crippen molar-refractivity contribution < 1.29 is 0 Å². The molecule has 1 aliphatic carbocycles. The van der Waals surface area contributed by atoms with Crippen molar-refractivity contribution in [1.29, 1.82) is 0 Å². The van der Waals surface area contributed by atoms with E-state index in [1.54, 1.807) is 6.20 Å². The molecule has 6 nitrogen and oxygen atoms in total. The third-order valence-electron chi connectivity index (χ3n) is 4.88. The molecule has 0 aliphatic heterocycles. The lowest BCUT2D eigenvalue weighted by atomic mass is 9.79. The van der Waals surface area contributed by atoms with Gasteiger partial charge in [0, 0.05) is 21.2 Å². The van der Waals surface area contributed by atoms with Crippen molar-refractivity contribution in [3.63, 3.8) is 0 Å². The first-order chi connectivity index (χ1) is 14.0. The maximum atomic E-state index is 6.45. The fourth-order valence-corrected chi connectivity index (χ4v) is 4.03. The summed E-state index contributed by atoms with van der Waals surface area (Å²) in [5, 5.41) is 18.2. The molecule has 0 radical (unpaired) electrons. The Morgan fingerprint density at radius 1 is 1.00 bits per heavy atom. The first-order valence-corrected chi connectivity index (χ1v) is 9.79. The molecule has 4 rings (SSSR count). The smallest absolute Gasteiger partial charge is 0.211 e. The van der Waals surface area contributed by atoms with E-state index in [2.05, 4.69) is 20.4 Å². The molecule has 1 heterocycles. The molecule has 0 saturated carbocycles. The zero-order valence-corrected chi connectivity index (χ0v) is 18.1. The number of benzene rings is 2. The monoisotopic (exact) mass is 460 g/mol. The highest BCUT2D eigenvalue weighted by molar-refractivity contribution is 6.31. The Hall–Kier alpha value is -2.67. The first kappa shape index (κ1) is 22.0. The molecule has 1 atom stereocenters. The highest BCUT2D eigenvalue weighted by Crippen LogP contribution is 2.38. The highest BCUT2D eigenvalue weighted by Gasteiger charge is 2.30. The van der Waals surface area contributed by atoms with Gasteiger partial charge in [0.15, 0.2) is 0 Å². The molecule has 1 unspecified atom stereocenters. The summed E-state index contributed by atoms with van der Waals surface area (Å²) in [4.78, 5) is 0. The van der Waals surface area contributed by atoms with E-state index in [-0.39, 0.29) is 24.3 Å². The van der Waals surface area contributed by atoms with E-state index in [9.17, 15) is 0 Å². The molecular formula is C21H19Cl3N6. The van der Waals surface area contributed by atoms with Crippen molar-refractivity contribution in [2.24, 2.45) is 21.7 Å². The molecular weight excluding hydrogens is 443 g/mol. The lowest BCUT2D eigenvalue weighted by Crippen LogP contribution is -2.24. The van der Waals surface area contributed by atoms with Crippen LogP contribution in [0.15, 0.2) is 64.9 Å². The minimum Gasteiger partial charge on any atom is -0.369 e. The molecule has 1 aromatic heterocycles. The molecule has 3 aromatic rings. The minimum atomic E-state index is -0.103. The maximum Gasteiger partial charge on any atom is 0.211 e. The zero-order chi connectivity index (χ0) is 20.4. The van der Waals surface area contributed by atoms with E-state index in [0.29, 0.717) is 22.9 Å². The van der Waals surface area contributed by atoms with Gasteiger partial charge in [-0.1, -0.05) is 53.5 Å². The fourth-order valence-electron chi connectivity index (χ4n) is 3.62. The molecule has 0 spiro atoms. The molecule has 154 valence electrons. The number of halogens is 3. The lowest BCUT2D eigenvalue weighted by Gasteiger charge is -2.27. The van der Waals surface area contributed by atoms with Crippen LogP contribution in [0.25, 0.3) is 11.1 Å². The van der Waals surface area contributed by atoms with E-state index >= 15 is 0 Å². The van der Waals surface area contributed by atoms with E-state index in [1.807, 2.05) is 48.5 Å². The Balaban J connectivity index is 0.00000256. The molecule has 4 N–H and O–H groups in total. The first-order valence-electron chi connectivity index (χ1n) is 9.03. The maximum absolute atomic E-state index is 6.45. The second kappa shape index (κ2) is 9.43. The Morgan fingerprint density at radius 3 is 2.43 bits per heavy atom. The van der Waals surface area contributed by atoms with Crippen LogP contribution in [0.1, 0.15) is 29.2 Å². The topological polar surface area (TPSA) is 103 Å². The van der Waals surface area contributed by atoms with Crippen molar-refractivity contribution in [3.05, 3.63) is 81.6 Å². The second-order valence-electron chi connectivity index (χ2n) is 6.79. The number of hydrogen-bond acceptors (Lipinski definition) is 4. The van der Waals surface area contributed by atoms with Gasteiger partial charge in [-0.15, -0.1) is 17.5 Å². The summed E-state index contributed by atoms with van der Waals surface area (Å²) in [6, 6.07) is 15.4. The van der Waals surface area contributed by atoms with Gasteiger partial charge in [0.25, 0.3) is 0 Å². The van der Waals surface area contributed by atoms with Gasteiger partial charge in [-0.2, -0.15) is 15.3 Å². The Kier molecular flexibility index (Phi) is 6.92. The summed E-state index contributed by atoms with van der Waals surface area (Å²) in [5.74, 6) is -0.00658. The van der Waals surface area contributed by atoms with Crippen molar-refractivity contribution in [3.8, 4) is 11.1 Å². The van der Waals surface area contributed by atoms with Crippen LogP contribution >= 0.6 is 35.6 Å². The zero-order valence-electron chi connectivity index (χ0n) is 15.8. The van der Waals surface area contributed by atoms with Gasteiger partial charge in [0.05, 0.1) is 17.6 Å². The number of nitrogens with zero attached hydrogens (tertiary/aromatic N) is 4. The standard InChI is InChI=1S/C21H18Cl2N6.ClH/c22-14-7-5-12(6-8-14)16-11-26-27-18-9-13(15-3-1-2-4-17(15)23)10-19(20(16)18)28-29-21(24)25;/h1-8,11,13H,9-10H2,(H4,24,25,29);1H/b28-19+;. The van der Waals surface area contributed by atoms with E-state index in [4.69, 9.17) is 34.7 Å². The van der Waals surface area contributed by atoms with E-state index < -0.39 is 0 Å². The quantitative estimate of drug-likeness (QED) is 0.338. The predicted molar refractivity (Wildman–Crippen MR) is 125 cm³/mol. The number of guanidine groups is 1. The molecule has 30 heavy (non-hydrogen) atoms. The Bertz CT molecular complexity index is 1110. The summed E-state index contributed by atoms with van der Waals surface area (Å²) in [6.45, 7) is 0. The van der Waals surface area contributed by atoms with Crippen LogP contribution in [0.3, 0.4) is 0 Å². The van der Waals surface area contributed by atoms with Crippen molar-refractivity contribution in [2.45, 2.75) is 18.8 Å². The third-order valence-corrected chi connectivity index (χ3v) is 5.47. The molecule has 0 fully saturated rings. The molecule has 9 heteroatoms. The minimum absolute atomic E-state index is 0. The molecule has 0 saturated heterocycles. The van der Waals surface area contributed by atoms with Gasteiger partial charge < -0.3 is 11.5 Å². The molecule has 1 aliphatic rings. The summed E-state index contributed by atoms with van der Waals surface area (Å²) in [5.41, 5.74) is 16.4. The number of fused-ring (bicyclic) bond motifs is 1.